The van der Waals surface area contributed by atoms with Crippen molar-refractivity contribution in [3.05, 3.63) is 62.7 Å². The third kappa shape index (κ3) is 3.60. The van der Waals surface area contributed by atoms with Crippen molar-refractivity contribution in [1.29, 1.82) is 0 Å². The van der Waals surface area contributed by atoms with E-state index in [0.29, 0.717) is 6.54 Å². The molecule has 154 valence electrons. The lowest BCUT2D eigenvalue weighted by molar-refractivity contribution is 0.0933. The zero-order valence-corrected chi connectivity index (χ0v) is 18.1. The maximum atomic E-state index is 12.7. The van der Waals surface area contributed by atoms with Gasteiger partial charge in [-0.05, 0) is 68.9 Å². The van der Waals surface area contributed by atoms with E-state index < -0.39 is 0 Å². The molecule has 3 aromatic rings. The Morgan fingerprint density at radius 3 is 3.03 bits per heavy atom. The molecule has 3 heterocycles. The molecule has 0 spiro atoms. The number of thiophene rings is 1. The zero-order chi connectivity index (χ0) is 20.7. The predicted molar refractivity (Wildman–Crippen MR) is 118 cm³/mol. The number of carbonyl (C=O) groups excluding carboxylic acids is 1. The van der Waals surface area contributed by atoms with Gasteiger partial charge in [-0.3, -0.25) is 9.78 Å². The smallest absolute Gasteiger partial charge is 0.252 e. The van der Waals surface area contributed by atoms with Crippen LogP contribution in [0.1, 0.15) is 50.6 Å². The molecule has 1 amide bonds. The highest BCUT2D eigenvalue weighted by Gasteiger charge is 2.26. The van der Waals surface area contributed by atoms with E-state index in [1.165, 1.54) is 23.3 Å². The molecule has 2 aliphatic rings. The van der Waals surface area contributed by atoms with Crippen LogP contribution in [-0.2, 0) is 19.3 Å². The Kier molecular flexibility index (Phi) is 5.03. The summed E-state index contributed by atoms with van der Waals surface area (Å²) in [4.78, 5) is 23.2. The van der Waals surface area contributed by atoms with Gasteiger partial charge in [0.2, 0.25) is 0 Å². The number of hydrogen-bond acceptors (Lipinski definition) is 5. The number of nitrogens with one attached hydrogen (secondary N) is 1. The average molecular weight is 420 g/mol. The molecule has 30 heavy (non-hydrogen) atoms. The summed E-state index contributed by atoms with van der Waals surface area (Å²) < 4.78 is 6.08. The minimum Gasteiger partial charge on any atom is -0.488 e. The number of nitrogens with zero attached hydrogens (tertiary/aromatic N) is 2. The molecule has 2 aromatic heterocycles. The number of aryl methyl sites for hydroxylation is 3. The number of amides is 1. The molecule has 1 atom stereocenters. The van der Waals surface area contributed by atoms with Crippen molar-refractivity contribution in [1.82, 2.24) is 15.3 Å². The SMILES string of the molecule is Cc1cnc(C)c(-c2ccc3c(c2)CC(CNC(=O)c2csc4c2CCCC4)O3)n1. The molecule has 1 aliphatic carbocycles. The molecule has 1 aliphatic heterocycles. The summed E-state index contributed by atoms with van der Waals surface area (Å²) >= 11 is 1.73. The Bertz CT molecular complexity index is 1120. The largest absolute Gasteiger partial charge is 0.488 e. The lowest BCUT2D eigenvalue weighted by Crippen LogP contribution is -2.34. The lowest BCUT2D eigenvalue weighted by Gasteiger charge is -2.14. The summed E-state index contributed by atoms with van der Waals surface area (Å²) in [7, 11) is 0. The quantitative estimate of drug-likeness (QED) is 0.679. The predicted octanol–water partition coefficient (Wildman–Crippen LogP) is 4.43. The fourth-order valence-electron chi connectivity index (χ4n) is 4.38. The van der Waals surface area contributed by atoms with Gasteiger partial charge in [0.05, 0.1) is 29.2 Å². The molecule has 1 unspecified atom stereocenters. The van der Waals surface area contributed by atoms with E-state index in [-0.39, 0.29) is 12.0 Å². The second kappa shape index (κ2) is 7.84. The monoisotopic (exact) mass is 419 g/mol. The van der Waals surface area contributed by atoms with Crippen LogP contribution in [0.3, 0.4) is 0 Å². The molecule has 0 saturated heterocycles. The molecule has 0 fully saturated rings. The summed E-state index contributed by atoms with van der Waals surface area (Å²) in [6.07, 6.45) is 7.08. The van der Waals surface area contributed by atoms with Crippen molar-refractivity contribution in [3.8, 4) is 17.0 Å². The Hall–Kier alpha value is -2.73. The number of benzene rings is 1. The van der Waals surface area contributed by atoms with Gasteiger partial charge in [0.25, 0.3) is 5.91 Å². The van der Waals surface area contributed by atoms with Gasteiger partial charge in [0, 0.05) is 28.4 Å². The Balaban J connectivity index is 1.26. The normalized spacial score (nSPS) is 17.2. The zero-order valence-electron chi connectivity index (χ0n) is 17.3. The van der Waals surface area contributed by atoms with Crippen LogP contribution < -0.4 is 10.1 Å². The number of aromatic nitrogens is 2. The summed E-state index contributed by atoms with van der Waals surface area (Å²) in [6, 6.07) is 6.18. The van der Waals surface area contributed by atoms with Crippen LogP contribution in [0.2, 0.25) is 0 Å². The van der Waals surface area contributed by atoms with Gasteiger partial charge in [-0.15, -0.1) is 11.3 Å². The first-order chi connectivity index (χ1) is 14.6. The third-order valence-corrected chi connectivity index (χ3v) is 7.04. The molecule has 0 bridgehead atoms. The topological polar surface area (TPSA) is 64.1 Å². The molecule has 0 radical (unpaired) electrons. The van der Waals surface area contributed by atoms with Gasteiger partial charge in [-0.25, -0.2) is 4.98 Å². The van der Waals surface area contributed by atoms with Crippen molar-refractivity contribution in [3.63, 3.8) is 0 Å². The van der Waals surface area contributed by atoms with Gasteiger partial charge in [0.1, 0.15) is 11.9 Å². The van der Waals surface area contributed by atoms with Gasteiger partial charge in [-0.1, -0.05) is 0 Å². The second-order valence-electron chi connectivity index (χ2n) is 8.18. The number of hydrogen-bond donors (Lipinski definition) is 1. The highest BCUT2D eigenvalue weighted by molar-refractivity contribution is 7.10. The van der Waals surface area contributed by atoms with Crippen LogP contribution in [0.4, 0.5) is 0 Å². The molecule has 0 saturated carbocycles. The standard InChI is InChI=1S/C24H25N3O2S/c1-14-11-25-15(2)23(27-14)16-7-8-21-17(9-16)10-18(29-21)12-26-24(28)20-13-30-22-6-4-3-5-19(20)22/h7-9,11,13,18H,3-6,10,12H2,1-2H3,(H,26,28). The van der Waals surface area contributed by atoms with E-state index in [1.807, 2.05) is 31.4 Å². The van der Waals surface area contributed by atoms with E-state index in [2.05, 4.69) is 21.4 Å². The number of carbonyl (C=O) groups is 1. The summed E-state index contributed by atoms with van der Waals surface area (Å²) in [5.41, 5.74) is 7.07. The van der Waals surface area contributed by atoms with Crippen LogP contribution in [0, 0.1) is 13.8 Å². The Morgan fingerprint density at radius 2 is 2.13 bits per heavy atom. The van der Waals surface area contributed by atoms with Crippen molar-refractivity contribution in [2.24, 2.45) is 0 Å². The van der Waals surface area contributed by atoms with Gasteiger partial charge < -0.3 is 10.1 Å². The first-order valence-electron chi connectivity index (χ1n) is 10.6. The molecular weight excluding hydrogens is 394 g/mol. The number of fused-ring (bicyclic) bond motifs is 2. The van der Waals surface area contributed by atoms with Gasteiger partial charge in [0.15, 0.2) is 0 Å². The average Bonchev–Trinajstić information content (AvgIpc) is 3.37. The van der Waals surface area contributed by atoms with Crippen molar-refractivity contribution in [2.75, 3.05) is 6.54 Å². The van der Waals surface area contributed by atoms with Gasteiger partial charge >= 0.3 is 0 Å². The second-order valence-corrected chi connectivity index (χ2v) is 9.14. The van der Waals surface area contributed by atoms with E-state index in [4.69, 9.17) is 4.74 Å². The molecule has 1 aromatic carbocycles. The highest BCUT2D eigenvalue weighted by atomic mass is 32.1. The summed E-state index contributed by atoms with van der Waals surface area (Å²) in [6.45, 7) is 4.44. The van der Waals surface area contributed by atoms with E-state index in [1.54, 1.807) is 17.5 Å². The van der Waals surface area contributed by atoms with E-state index in [9.17, 15) is 4.79 Å². The van der Waals surface area contributed by atoms with Crippen LogP contribution in [0.25, 0.3) is 11.3 Å². The minimum absolute atomic E-state index is 0.0281. The number of ether oxygens (including phenoxy) is 1. The van der Waals surface area contributed by atoms with Crippen molar-refractivity contribution in [2.45, 2.75) is 52.1 Å². The first kappa shape index (κ1) is 19.2. The maximum absolute atomic E-state index is 12.7. The molecule has 5 rings (SSSR count). The lowest BCUT2D eigenvalue weighted by atomic mass is 9.95. The van der Waals surface area contributed by atoms with Gasteiger partial charge in [-0.2, -0.15) is 0 Å². The molecule has 6 heteroatoms. The Morgan fingerprint density at radius 1 is 1.27 bits per heavy atom. The van der Waals surface area contributed by atoms with Crippen molar-refractivity contribution < 1.29 is 9.53 Å². The van der Waals surface area contributed by atoms with E-state index in [0.717, 1.165) is 58.8 Å². The van der Waals surface area contributed by atoms with Crippen LogP contribution in [0.5, 0.6) is 5.75 Å². The van der Waals surface area contributed by atoms with Crippen LogP contribution in [0.15, 0.2) is 29.8 Å². The fraction of sp³-hybridized carbons (Fsp3) is 0.375. The Labute approximate surface area is 180 Å². The van der Waals surface area contributed by atoms with Crippen LogP contribution in [-0.4, -0.2) is 28.5 Å². The maximum Gasteiger partial charge on any atom is 0.252 e. The van der Waals surface area contributed by atoms with Crippen molar-refractivity contribution >= 4 is 17.2 Å². The minimum atomic E-state index is -0.0432. The fourth-order valence-corrected chi connectivity index (χ4v) is 5.50. The number of rotatable bonds is 4. The summed E-state index contributed by atoms with van der Waals surface area (Å²) in [5, 5.41) is 5.12. The first-order valence-corrected chi connectivity index (χ1v) is 11.4. The highest BCUT2D eigenvalue weighted by Crippen LogP contribution is 2.33. The summed E-state index contributed by atoms with van der Waals surface area (Å²) in [5.74, 6) is 0.921. The van der Waals surface area contributed by atoms with Crippen LogP contribution >= 0.6 is 11.3 Å². The molecular formula is C24H25N3O2S. The third-order valence-electron chi connectivity index (χ3n) is 5.95. The molecule has 5 nitrogen and oxygen atoms in total. The molecule has 1 N–H and O–H groups in total. The van der Waals surface area contributed by atoms with E-state index >= 15 is 0 Å².